The topological polar surface area (TPSA) is 63.3 Å². The Balaban J connectivity index is 3.08. The van der Waals surface area contributed by atoms with Crippen molar-refractivity contribution in [3.05, 3.63) is 21.3 Å². The van der Waals surface area contributed by atoms with Crippen LogP contribution in [0.5, 0.6) is 0 Å². The molecule has 0 aliphatic carbocycles. The second kappa shape index (κ2) is 5.17. The highest BCUT2D eigenvalue weighted by Crippen LogP contribution is 2.38. The molecule has 0 bridgehead atoms. The average Bonchev–Trinajstić information content (AvgIpc) is 2.62. The lowest BCUT2D eigenvalue weighted by Crippen LogP contribution is -2.43. The normalized spacial score (nSPS) is 16.8. The Morgan fingerprint density at radius 2 is 2.31 bits per heavy atom. The molecule has 0 spiro atoms. The largest absolute Gasteiger partial charge is 0.481 e. The van der Waals surface area contributed by atoms with Crippen LogP contribution in [0.4, 0.5) is 0 Å². The SMILES string of the molecule is CCC(N)C(C)(CC(=O)O)c1ccc(Cl)s1. The van der Waals surface area contributed by atoms with Crippen LogP contribution in [-0.4, -0.2) is 17.1 Å². The summed E-state index contributed by atoms with van der Waals surface area (Å²) in [5.74, 6) is -0.837. The minimum absolute atomic E-state index is 0.0266. The number of halogens is 1. The fourth-order valence-corrected chi connectivity index (χ4v) is 3.04. The van der Waals surface area contributed by atoms with E-state index in [1.807, 2.05) is 19.9 Å². The fourth-order valence-electron chi connectivity index (χ4n) is 1.79. The predicted molar refractivity (Wildman–Crippen MR) is 67.2 cm³/mol. The summed E-state index contributed by atoms with van der Waals surface area (Å²) in [6, 6.07) is 3.47. The van der Waals surface area contributed by atoms with Crippen molar-refractivity contribution >= 4 is 28.9 Å². The molecule has 5 heteroatoms. The molecular formula is C11H16ClNO2S. The minimum Gasteiger partial charge on any atom is -0.481 e. The quantitative estimate of drug-likeness (QED) is 0.857. The summed E-state index contributed by atoms with van der Waals surface area (Å²) in [6.45, 7) is 3.84. The van der Waals surface area contributed by atoms with Crippen molar-refractivity contribution in [3.8, 4) is 0 Å². The lowest BCUT2D eigenvalue weighted by Gasteiger charge is -2.32. The maximum absolute atomic E-state index is 10.9. The third-order valence-corrected chi connectivity index (χ3v) is 4.42. The van der Waals surface area contributed by atoms with E-state index in [9.17, 15) is 4.79 Å². The number of nitrogens with two attached hydrogens (primary N) is 1. The molecule has 0 aromatic carbocycles. The first-order chi connectivity index (χ1) is 7.40. The smallest absolute Gasteiger partial charge is 0.304 e. The molecule has 90 valence electrons. The van der Waals surface area contributed by atoms with Gasteiger partial charge in [0, 0.05) is 16.3 Å². The highest BCUT2D eigenvalue weighted by molar-refractivity contribution is 7.16. The molecule has 0 aliphatic rings. The molecule has 2 unspecified atom stereocenters. The van der Waals surface area contributed by atoms with E-state index in [4.69, 9.17) is 22.4 Å². The summed E-state index contributed by atoms with van der Waals surface area (Å²) in [5.41, 5.74) is 5.50. The first-order valence-electron chi connectivity index (χ1n) is 5.13. The second-order valence-corrected chi connectivity index (χ2v) is 5.82. The van der Waals surface area contributed by atoms with Crippen molar-refractivity contribution in [1.29, 1.82) is 0 Å². The van der Waals surface area contributed by atoms with Crippen molar-refractivity contribution in [2.75, 3.05) is 0 Å². The first kappa shape index (κ1) is 13.5. The van der Waals surface area contributed by atoms with Crippen molar-refractivity contribution in [2.24, 2.45) is 5.73 Å². The van der Waals surface area contributed by atoms with Crippen molar-refractivity contribution in [2.45, 2.75) is 38.1 Å². The third-order valence-electron chi connectivity index (χ3n) is 2.91. The molecule has 1 aromatic rings. The van der Waals surface area contributed by atoms with Gasteiger partial charge in [-0.15, -0.1) is 11.3 Å². The molecule has 1 aromatic heterocycles. The zero-order valence-corrected chi connectivity index (χ0v) is 10.9. The van der Waals surface area contributed by atoms with Crippen LogP contribution in [0.2, 0.25) is 4.34 Å². The Bertz CT molecular complexity index is 380. The lowest BCUT2D eigenvalue weighted by atomic mass is 9.77. The molecule has 0 aliphatic heterocycles. The van der Waals surface area contributed by atoms with E-state index in [1.54, 1.807) is 6.07 Å². The number of hydrogen-bond acceptors (Lipinski definition) is 3. The molecule has 0 amide bonds. The second-order valence-electron chi connectivity index (χ2n) is 4.11. The lowest BCUT2D eigenvalue weighted by molar-refractivity contribution is -0.138. The van der Waals surface area contributed by atoms with E-state index in [0.29, 0.717) is 4.34 Å². The first-order valence-corrected chi connectivity index (χ1v) is 6.32. The molecule has 1 rings (SSSR count). The van der Waals surface area contributed by atoms with Gasteiger partial charge in [-0.05, 0) is 18.6 Å². The van der Waals surface area contributed by atoms with Crippen LogP contribution in [0, 0.1) is 0 Å². The molecule has 0 fully saturated rings. The van der Waals surface area contributed by atoms with Gasteiger partial charge in [0.2, 0.25) is 0 Å². The van der Waals surface area contributed by atoms with Gasteiger partial charge in [-0.2, -0.15) is 0 Å². The Labute approximate surface area is 104 Å². The van der Waals surface area contributed by atoms with Gasteiger partial charge in [0.05, 0.1) is 10.8 Å². The Morgan fingerprint density at radius 3 is 2.69 bits per heavy atom. The van der Waals surface area contributed by atoms with E-state index in [-0.39, 0.29) is 12.5 Å². The summed E-state index contributed by atoms with van der Waals surface area (Å²) in [5, 5.41) is 8.98. The molecule has 3 nitrogen and oxygen atoms in total. The summed E-state index contributed by atoms with van der Waals surface area (Å²) >= 11 is 7.28. The van der Waals surface area contributed by atoms with Crippen LogP contribution in [0.25, 0.3) is 0 Å². The van der Waals surface area contributed by atoms with Crippen LogP contribution >= 0.6 is 22.9 Å². The van der Waals surface area contributed by atoms with Crippen LogP contribution in [0.1, 0.15) is 31.6 Å². The van der Waals surface area contributed by atoms with Crippen molar-refractivity contribution in [1.82, 2.24) is 0 Å². The number of carboxylic acids is 1. The van der Waals surface area contributed by atoms with Gasteiger partial charge in [-0.3, -0.25) is 4.79 Å². The van der Waals surface area contributed by atoms with Crippen LogP contribution < -0.4 is 5.73 Å². The van der Waals surface area contributed by atoms with E-state index in [2.05, 4.69) is 0 Å². The average molecular weight is 262 g/mol. The Hall–Kier alpha value is -0.580. The van der Waals surface area contributed by atoms with Crippen LogP contribution in [0.15, 0.2) is 12.1 Å². The standard InChI is InChI=1S/C11H16ClNO2S/c1-3-7(13)11(2,6-10(14)15)8-4-5-9(12)16-8/h4-5,7H,3,6,13H2,1-2H3,(H,14,15). The minimum atomic E-state index is -0.837. The number of thiophene rings is 1. The van der Waals surface area contributed by atoms with Crippen LogP contribution in [-0.2, 0) is 10.2 Å². The molecule has 16 heavy (non-hydrogen) atoms. The molecule has 0 radical (unpaired) electrons. The summed E-state index contributed by atoms with van der Waals surface area (Å²) < 4.78 is 0.662. The van der Waals surface area contributed by atoms with Gasteiger partial charge in [0.1, 0.15) is 0 Å². The Kier molecular flexibility index (Phi) is 4.35. The summed E-state index contributed by atoms with van der Waals surface area (Å²) in [6.07, 6.45) is 0.762. The van der Waals surface area contributed by atoms with Gasteiger partial charge in [-0.25, -0.2) is 0 Å². The van der Waals surface area contributed by atoms with Gasteiger partial charge in [0.15, 0.2) is 0 Å². The molecule has 2 atom stereocenters. The number of carbonyl (C=O) groups is 1. The molecule has 3 N–H and O–H groups in total. The maximum Gasteiger partial charge on any atom is 0.304 e. The number of aliphatic carboxylic acids is 1. The summed E-state index contributed by atoms with van der Waals surface area (Å²) in [7, 11) is 0. The Morgan fingerprint density at radius 1 is 1.69 bits per heavy atom. The van der Waals surface area contributed by atoms with Gasteiger partial charge in [0.25, 0.3) is 0 Å². The zero-order chi connectivity index (χ0) is 12.3. The highest BCUT2D eigenvalue weighted by atomic mass is 35.5. The zero-order valence-electron chi connectivity index (χ0n) is 9.37. The summed E-state index contributed by atoms with van der Waals surface area (Å²) in [4.78, 5) is 11.9. The van der Waals surface area contributed by atoms with E-state index in [0.717, 1.165) is 11.3 Å². The maximum atomic E-state index is 10.9. The highest BCUT2D eigenvalue weighted by Gasteiger charge is 2.36. The van der Waals surface area contributed by atoms with Crippen molar-refractivity contribution in [3.63, 3.8) is 0 Å². The predicted octanol–water partition coefficient (Wildman–Crippen LogP) is 2.87. The van der Waals surface area contributed by atoms with E-state index in [1.165, 1.54) is 11.3 Å². The number of hydrogen-bond donors (Lipinski definition) is 2. The number of rotatable bonds is 5. The van der Waals surface area contributed by atoms with Crippen molar-refractivity contribution < 1.29 is 9.90 Å². The number of carboxylic acid groups (broad SMARTS) is 1. The fraction of sp³-hybridized carbons (Fsp3) is 0.545. The van der Waals surface area contributed by atoms with Gasteiger partial charge >= 0.3 is 5.97 Å². The van der Waals surface area contributed by atoms with Gasteiger partial charge < -0.3 is 10.8 Å². The third kappa shape index (κ3) is 2.75. The molecule has 0 saturated heterocycles. The van der Waals surface area contributed by atoms with E-state index < -0.39 is 11.4 Å². The van der Waals surface area contributed by atoms with Gasteiger partial charge in [-0.1, -0.05) is 25.4 Å². The molecular weight excluding hydrogens is 246 g/mol. The monoisotopic (exact) mass is 261 g/mol. The molecule has 1 heterocycles. The molecule has 0 saturated carbocycles. The van der Waals surface area contributed by atoms with E-state index >= 15 is 0 Å². The van der Waals surface area contributed by atoms with Crippen LogP contribution in [0.3, 0.4) is 0 Å².